The van der Waals surface area contributed by atoms with E-state index in [1.54, 1.807) is 18.2 Å². The Morgan fingerprint density at radius 1 is 1.19 bits per heavy atom. The molecule has 1 saturated heterocycles. The molecule has 31 heavy (non-hydrogen) atoms. The minimum Gasteiger partial charge on any atom is -0.486 e. The minimum atomic E-state index is -1.53. The van der Waals surface area contributed by atoms with Crippen molar-refractivity contribution < 1.29 is 28.8 Å². The molecule has 2 N–H and O–H groups in total. The van der Waals surface area contributed by atoms with Gasteiger partial charge in [-0.15, -0.1) is 0 Å². The number of ether oxygens (including phenoxy) is 2. The van der Waals surface area contributed by atoms with Crippen molar-refractivity contribution in [2.24, 2.45) is 0 Å². The van der Waals surface area contributed by atoms with Crippen molar-refractivity contribution in [2.75, 3.05) is 25.1 Å². The molecule has 4 rings (SSSR count). The topological polar surface area (TPSA) is 140 Å². The van der Waals surface area contributed by atoms with Gasteiger partial charge in [-0.3, -0.25) is 24.6 Å². The van der Waals surface area contributed by atoms with Crippen LogP contribution in [0.25, 0.3) is 0 Å². The second kappa shape index (κ2) is 7.59. The lowest BCUT2D eigenvalue weighted by Crippen LogP contribution is -2.42. The number of hydrogen-bond acceptors (Lipinski definition) is 7. The van der Waals surface area contributed by atoms with E-state index in [0.717, 1.165) is 4.90 Å². The number of nitrogens with zero attached hydrogens (tertiary/aromatic N) is 2. The summed E-state index contributed by atoms with van der Waals surface area (Å²) in [5, 5.41) is 16.2. The number of nitrogens with one attached hydrogen (secondary N) is 2. The van der Waals surface area contributed by atoms with Gasteiger partial charge in [0.15, 0.2) is 11.5 Å². The molecule has 2 aliphatic rings. The maximum atomic E-state index is 13.0. The third-order valence-electron chi connectivity index (χ3n) is 5.04. The van der Waals surface area contributed by atoms with E-state index in [9.17, 15) is 24.5 Å². The van der Waals surface area contributed by atoms with E-state index in [1.165, 1.54) is 31.2 Å². The van der Waals surface area contributed by atoms with Crippen molar-refractivity contribution in [1.29, 1.82) is 0 Å². The highest BCUT2D eigenvalue weighted by atomic mass is 16.6. The van der Waals surface area contributed by atoms with Gasteiger partial charge in [0.1, 0.15) is 25.3 Å². The Bertz CT molecular complexity index is 1100. The van der Waals surface area contributed by atoms with E-state index in [-0.39, 0.29) is 11.3 Å². The molecule has 1 unspecified atom stereocenters. The number of benzene rings is 2. The zero-order chi connectivity index (χ0) is 22.2. The third kappa shape index (κ3) is 3.72. The van der Waals surface area contributed by atoms with Crippen LogP contribution in [0.3, 0.4) is 0 Å². The summed E-state index contributed by atoms with van der Waals surface area (Å²) in [7, 11) is 0. The molecule has 1 fully saturated rings. The van der Waals surface area contributed by atoms with Crippen LogP contribution < -0.4 is 20.1 Å². The first-order valence-electron chi connectivity index (χ1n) is 9.36. The lowest BCUT2D eigenvalue weighted by atomic mass is 9.91. The van der Waals surface area contributed by atoms with Crippen molar-refractivity contribution in [3.8, 4) is 11.5 Å². The molecular weight excluding hydrogens is 408 g/mol. The number of anilines is 1. The van der Waals surface area contributed by atoms with Crippen LogP contribution in [0.15, 0.2) is 42.5 Å². The normalized spacial score (nSPS) is 19.7. The van der Waals surface area contributed by atoms with Gasteiger partial charge in [0.2, 0.25) is 5.91 Å². The Morgan fingerprint density at radius 3 is 2.68 bits per heavy atom. The molecule has 0 bridgehead atoms. The molecule has 2 heterocycles. The van der Waals surface area contributed by atoms with Crippen LogP contribution in [0.1, 0.15) is 12.5 Å². The Hall–Kier alpha value is -4.15. The lowest BCUT2D eigenvalue weighted by Gasteiger charge is -2.22. The van der Waals surface area contributed by atoms with Crippen LogP contribution in [0.2, 0.25) is 0 Å². The molecule has 0 spiro atoms. The average Bonchev–Trinajstić information content (AvgIpc) is 2.97. The number of fused-ring (bicyclic) bond motifs is 1. The fourth-order valence-electron chi connectivity index (χ4n) is 3.43. The number of non-ortho nitro benzene ring substituents is 1. The molecule has 2 aromatic rings. The lowest BCUT2D eigenvalue weighted by molar-refractivity contribution is -0.385. The van der Waals surface area contributed by atoms with Crippen molar-refractivity contribution >= 4 is 29.2 Å². The number of urea groups is 1. The van der Waals surface area contributed by atoms with E-state index in [4.69, 9.17) is 9.47 Å². The predicted octanol–water partition coefficient (Wildman–Crippen LogP) is 1.77. The predicted molar refractivity (Wildman–Crippen MR) is 107 cm³/mol. The molecule has 11 heteroatoms. The van der Waals surface area contributed by atoms with Gasteiger partial charge in [0, 0.05) is 23.9 Å². The van der Waals surface area contributed by atoms with Crippen LogP contribution in [-0.4, -0.2) is 47.4 Å². The molecular formula is C20H18N4O7. The number of nitro groups is 1. The summed E-state index contributed by atoms with van der Waals surface area (Å²) in [6.45, 7) is 1.74. The molecule has 11 nitrogen and oxygen atoms in total. The average molecular weight is 426 g/mol. The van der Waals surface area contributed by atoms with Gasteiger partial charge in [0.05, 0.1) is 4.92 Å². The standard InChI is InChI=1S/C20H18N4O7/c1-20(12-3-2-4-14(9-12)24(28)29)18(26)23(19(27)22-20)11-17(25)21-13-5-6-15-16(10-13)31-8-7-30-15/h2-6,9-10H,7-8,11H2,1H3,(H,21,25)(H,22,27). The molecule has 4 amide bonds. The molecule has 0 aliphatic carbocycles. The van der Waals surface area contributed by atoms with Crippen molar-refractivity contribution in [3.63, 3.8) is 0 Å². The van der Waals surface area contributed by atoms with Gasteiger partial charge in [-0.1, -0.05) is 12.1 Å². The van der Waals surface area contributed by atoms with E-state index in [2.05, 4.69) is 10.6 Å². The van der Waals surface area contributed by atoms with Crippen molar-refractivity contribution in [3.05, 3.63) is 58.1 Å². The first-order chi connectivity index (χ1) is 14.8. The van der Waals surface area contributed by atoms with Gasteiger partial charge in [-0.05, 0) is 24.6 Å². The van der Waals surface area contributed by atoms with Gasteiger partial charge in [-0.25, -0.2) is 4.79 Å². The summed E-state index contributed by atoms with van der Waals surface area (Å²) in [4.78, 5) is 49.1. The van der Waals surface area contributed by atoms with Crippen molar-refractivity contribution in [1.82, 2.24) is 10.2 Å². The maximum absolute atomic E-state index is 13.0. The minimum absolute atomic E-state index is 0.212. The van der Waals surface area contributed by atoms with E-state index >= 15 is 0 Å². The Kier molecular flexibility index (Phi) is 4.93. The molecule has 2 aliphatic heterocycles. The van der Waals surface area contributed by atoms with Gasteiger partial charge >= 0.3 is 6.03 Å². The number of nitro benzene ring substituents is 1. The summed E-state index contributed by atoms with van der Waals surface area (Å²) < 4.78 is 10.9. The van der Waals surface area contributed by atoms with Crippen molar-refractivity contribution in [2.45, 2.75) is 12.5 Å². The van der Waals surface area contributed by atoms with Crippen LogP contribution in [-0.2, 0) is 15.1 Å². The largest absolute Gasteiger partial charge is 0.486 e. The Balaban J connectivity index is 1.48. The van der Waals surface area contributed by atoms with Crippen LogP contribution in [0, 0.1) is 10.1 Å². The number of hydrogen-bond donors (Lipinski definition) is 2. The summed E-state index contributed by atoms with van der Waals surface area (Å²) >= 11 is 0. The van der Waals surface area contributed by atoms with E-state index in [1.807, 2.05) is 0 Å². The number of carbonyl (C=O) groups excluding carboxylic acids is 3. The Morgan fingerprint density at radius 2 is 1.94 bits per heavy atom. The summed E-state index contributed by atoms with van der Waals surface area (Å²) in [6, 6.07) is 9.52. The Labute approximate surface area is 176 Å². The van der Waals surface area contributed by atoms with Gasteiger partial charge in [0.25, 0.3) is 11.6 Å². The molecule has 2 aromatic carbocycles. The zero-order valence-electron chi connectivity index (χ0n) is 16.4. The number of carbonyl (C=O) groups is 3. The molecule has 0 aromatic heterocycles. The van der Waals surface area contributed by atoms with Gasteiger partial charge < -0.3 is 20.1 Å². The first kappa shape index (κ1) is 20.1. The quantitative estimate of drug-likeness (QED) is 0.422. The van der Waals surface area contributed by atoms with Crippen LogP contribution in [0.5, 0.6) is 11.5 Å². The molecule has 0 radical (unpaired) electrons. The highest BCUT2D eigenvalue weighted by Crippen LogP contribution is 2.33. The third-order valence-corrected chi connectivity index (χ3v) is 5.04. The second-order valence-electron chi connectivity index (χ2n) is 7.16. The smallest absolute Gasteiger partial charge is 0.325 e. The second-order valence-corrected chi connectivity index (χ2v) is 7.16. The van der Waals surface area contributed by atoms with Crippen LogP contribution in [0.4, 0.5) is 16.2 Å². The fraction of sp³-hybridized carbons (Fsp3) is 0.250. The highest BCUT2D eigenvalue weighted by Gasteiger charge is 2.49. The molecule has 160 valence electrons. The zero-order valence-corrected chi connectivity index (χ0v) is 16.4. The number of amides is 4. The first-order valence-corrected chi connectivity index (χ1v) is 9.36. The molecule has 1 atom stereocenters. The summed E-state index contributed by atoms with van der Waals surface area (Å²) in [5.41, 5.74) is -1.08. The summed E-state index contributed by atoms with van der Waals surface area (Å²) in [6.07, 6.45) is 0. The highest BCUT2D eigenvalue weighted by molar-refractivity contribution is 6.10. The number of rotatable bonds is 5. The maximum Gasteiger partial charge on any atom is 0.325 e. The van der Waals surface area contributed by atoms with Gasteiger partial charge in [-0.2, -0.15) is 0 Å². The summed E-state index contributed by atoms with van der Waals surface area (Å²) in [5.74, 6) is -0.234. The van der Waals surface area contributed by atoms with E-state index < -0.39 is 34.9 Å². The monoisotopic (exact) mass is 426 g/mol. The van der Waals surface area contributed by atoms with E-state index in [0.29, 0.717) is 30.4 Å². The SMILES string of the molecule is CC1(c2cccc([N+](=O)[O-])c2)NC(=O)N(CC(=O)Nc2ccc3c(c2)OCCO3)C1=O. The fourth-order valence-corrected chi connectivity index (χ4v) is 3.43. The van der Waals surface area contributed by atoms with Crippen LogP contribution >= 0.6 is 0 Å². The number of imide groups is 1. The molecule has 0 saturated carbocycles.